The molecule has 184 valence electrons. The van der Waals surface area contributed by atoms with Crippen molar-refractivity contribution in [2.45, 2.75) is 66.0 Å². The van der Waals surface area contributed by atoms with Gasteiger partial charge in [-0.05, 0) is 93.3 Å². The van der Waals surface area contributed by atoms with Crippen LogP contribution in [0.3, 0.4) is 0 Å². The van der Waals surface area contributed by atoms with Gasteiger partial charge >= 0.3 is 0 Å². The largest absolute Gasteiger partial charge is 0.385 e. The molecule has 0 spiro atoms. The minimum Gasteiger partial charge on any atom is -0.385 e. The molecule has 0 radical (unpaired) electrons. The minimum absolute atomic E-state index is 0.0347. The molecule has 0 aliphatic carbocycles. The van der Waals surface area contributed by atoms with Crippen LogP contribution < -0.4 is 11.1 Å². The maximum absolute atomic E-state index is 13.7. The molecule has 0 saturated heterocycles. The van der Waals surface area contributed by atoms with Crippen LogP contribution in [0.2, 0.25) is 0 Å². The molecule has 35 heavy (non-hydrogen) atoms. The number of nitrogens with two attached hydrogens (primary N) is 1. The zero-order valence-corrected chi connectivity index (χ0v) is 21.8. The van der Waals surface area contributed by atoms with Gasteiger partial charge in [-0.2, -0.15) is 0 Å². The number of nitrogens with zero attached hydrogens (tertiary/aromatic N) is 1. The molecule has 1 heterocycles. The Labute approximate surface area is 210 Å². The summed E-state index contributed by atoms with van der Waals surface area (Å²) in [6, 6.07) is 19.1. The highest BCUT2D eigenvalue weighted by Crippen LogP contribution is 2.36. The molecule has 3 aromatic rings. The van der Waals surface area contributed by atoms with Crippen LogP contribution in [0.25, 0.3) is 0 Å². The van der Waals surface area contributed by atoms with Crippen molar-refractivity contribution in [3.63, 3.8) is 0 Å². The average Bonchev–Trinajstić information content (AvgIpc) is 2.82. The number of likely N-dealkylation sites (N-methyl/N-ethyl adjacent to an activating group) is 1. The van der Waals surface area contributed by atoms with E-state index in [0.29, 0.717) is 13.0 Å². The second kappa shape index (κ2) is 10.7. The van der Waals surface area contributed by atoms with Crippen LogP contribution in [-0.2, 0) is 17.6 Å². The fraction of sp³-hybridized carbons (Fsp3) is 0.387. The molecular formula is C31H39N3O. The van der Waals surface area contributed by atoms with Gasteiger partial charge in [0.15, 0.2) is 0 Å². The van der Waals surface area contributed by atoms with Gasteiger partial charge in [0, 0.05) is 18.8 Å². The highest BCUT2D eigenvalue weighted by Gasteiger charge is 2.31. The molecule has 0 bridgehead atoms. The van der Waals surface area contributed by atoms with Crippen LogP contribution in [0.4, 0.5) is 5.69 Å². The molecule has 1 amide bonds. The molecule has 2 atom stereocenters. The van der Waals surface area contributed by atoms with Gasteiger partial charge in [0.1, 0.15) is 0 Å². The molecule has 0 fully saturated rings. The lowest BCUT2D eigenvalue weighted by atomic mass is 9.91. The first-order chi connectivity index (χ1) is 16.8. The zero-order valence-electron chi connectivity index (χ0n) is 21.8. The number of hydrogen-bond acceptors (Lipinski definition) is 3. The first kappa shape index (κ1) is 25.0. The first-order valence-corrected chi connectivity index (χ1v) is 12.8. The highest BCUT2D eigenvalue weighted by molar-refractivity contribution is 5.83. The number of rotatable bonds is 7. The summed E-state index contributed by atoms with van der Waals surface area (Å²) < 4.78 is 0. The van der Waals surface area contributed by atoms with E-state index in [9.17, 15) is 4.79 Å². The van der Waals surface area contributed by atoms with E-state index in [1.54, 1.807) is 0 Å². The third-order valence-electron chi connectivity index (χ3n) is 7.28. The maximum atomic E-state index is 13.7. The number of fused-ring (bicyclic) bond motifs is 1. The molecule has 4 heteroatoms. The number of carbonyl (C=O) groups is 1. The van der Waals surface area contributed by atoms with Gasteiger partial charge in [-0.15, -0.1) is 0 Å². The van der Waals surface area contributed by atoms with Crippen LogP contribution in [0.5, 0.6) is 0 Å². The van der Waals surface area contributed by atoms with Crippen molar-refractivity contribution in [2.75, 3.05) is 18.4 Å². The van der Waals surface area contributed by atoms with Gasteiger partial charge in [0.05, 0.1) is 12.1 Å². The van der Waals surface area contributed by atoms with Crippen molar-refractivity contribution in [2.24, 2.45) is 5.73 Å². The van der Waals surface area contributed by atoms with Gasteiger partial charge in [-0.25, -0.2) is 0 Å². The smallest absolute Gasteiger partial charge is 0.240 e. The van der Waals surface area contributed by atoms with E-state index in [0.717, 1.165) is 25.1 Å². The van der Waals surface area contributed by atoms with Crippen molar-refractivity contribution in [1.82, 2.24) is 4.90 Å². The molecule has 0 aromatic heterocycles. The number of anilines is 1. The van der Waals surface area contributed by atoms with Crippen molar-refractivity contribution in [3.05, 3.63) is 99.1 Å². The fourth-order valence-electron chi connectivity index (χ4n) is 5.62. The second-order valence-corrected chi connectivity index (χ2v) is 10.1. The van der Waals surface area contributed by atoms with E-state index in [2.05, 4.69) is 94.5 Å². The van der Waals surface area contributed by atoms with Crippen LogP contribution in [0.1, 0.15) is 63.9 Å². The Morgan fingerprint density at radius 2 is 1.71 bits per heavy atom. The Morgan fingerprint density at radius 1 is 1.00 bits per heavy atom. The predicted molar refractivity (Wildman–Crippen MR) is 146 cm³/mol. The van der Waals surface area contributed by atoms with Crippen LogP contribution >= 0.6 is 0 Å². The molecule has 4 rings (SSSR count). The summed E-state index contributed by atoms with van der Waals surface area (Å²) in [5.41, 5.74) is 17.6. The Kier molecular flexibility index (Phi) is 7.61. The minimum atomic E-state index is -0.552. The van der Waals surface area contributed by atoms with Crippen LogP contribution in [-0.4, -0.2) is 29.9 Å². The van der Waals surface area contributed by atoms with E-state index >= 15 is 0 Å². The predicted octanol–water partition coefficient (Wildman–Crippen LogP) is 5.79. The lowest BCUT2D eigenvalue weighted by molar-refractivity contribution is -0.135. The summed E-state index contributed by atoms with van der Waals surface area (Å²) >= 11 is 0. The number of carbonyl (C=O) groups excluding carboxylic acids is 1. The number of nitrogens with one attached hydrogen (secondary N) is 1. The molecule has 4 nitrogen and oxygen atoms in total. The van der Waals surface area contributed by atoms with Gasteiger partial charge in [-0.1, -0.05) is 59.7 Å². The van der Waals surface area contributed by atoms with E-state index in [1.165, 1.54) is 44.5 Å². The third kappa shape index (κ3) is 5.59. The number of aryl methyl sites for hydroxylation is 4. The van der Waals surface area contributed by atoms with Crippen molar-refractivity contribution >= 4 is 11.6 Å². The van der Waals surface area contributed by atoms with Crippen molar-refractivity contribution in [1.29, 1.82) is 0 Å². The standard InChI is InChI=1S/C31H39N3O/c1-6-34(31(35)28(32)19-26-22(4)14-21(3)15-23(26)5)30-12-13-33-29-11-10-25(18-27(29)30)17-24-9-7-8-20(2)16-24/h7-11,14-16,18,28,30,33H,6,12-13,17,19,32H2,1-5H3. The Bertz CT molecular complexity index is 1190. The SMILES string of the molecule is CCN(C(=O)C(N)Cc1c(C)cc(C)cc1C)C1CCNc2ccc(Cc3cccc(C)c3)cc21. The van der Waals surface area contributed by atoms with Gasteiger partial charge in [-0.3, -0.25) is 4.79 Å². The van der Waals surface area contributed by atoms with Crippen molar-refractivity contribution < 1.29 is 4.79 Å². The molecule has 1 aliphatic rings. The summed E-state index contributed by atoms with van der Waals surface area (Å²) in [5.74, 6) is 0.0359. The zero-order chi connectivity index (χ0) is 25.1. The van der Waals surface area contributed by atoms with E-state index < -0.39 is 6.04 Å². The first-order valence-electron chi connectivity index (χ1n) is 12.8. The van der Waals surface area contributed by atoms with Gasteiger partial charge < -0.3 is 16.0 Å². The third-order valence-corrected chi connectivity index (χ3v) is 7.28. The van der Waals surface area contributed by atoms with Crippen molar-refractivity contribution in [3.8, 4) is 0 Å². The summed E-state index contributed by atoms with van der Waals surface area (Å²) in [4.78, 5) is 15.7. The number of hydrogen-bond donors (Lipinski definition) is 2. The van der Waals surface area contributed by atoms with E-state index in [4.69, 9.17) is 5.73 Å². The average molecular weight is 470 g/mol. The summed E-state index contributed by atoms with van der Waals surface area (Å²) in [6.45, 7) is 12.0. The van der Waals surface area contributed by atoms with Crippen LogP contribution in [0, 0.1) is 27.7 Å². The lowest BCUT2D eigenvalue weighted by Crippen LogP contribution is -2.47. The summed E-state index contributed by atoms with van der Waals surface area (Å²) in [5, 5.41) is 3.53. The molecule has 0 saturated carbocycles. The molecule has 2 unspecified atom stereocenters. The number of amides is 1. The quantitative estimate of drug-likeness (QED) is 0.461. The number of benzene rings is 3. The highest BCUT2D eigenvalue weighted by atomic mass is 16.2. The topological polar surface area (TPSA) is 58.4 Å². The normalized spacial score (nSPS) is 15.8. The van der Waals surface area contributed by atoms with Crippen LogP contribution in [0.15, 0.2) is 54.6 Å². The second-order valence-electron chi connectivity index (χ2n) is 10.1. The lowest BCUT2D eigenvalue weighted by Gasteiger charge is -2.37. The maximum Gasteiger partial charge on any atom is 0.240 e. The van der Waals surface area contributed by atoms with Gasteiger partial charge in [0.2, 0.25) is 5.91 Å². The monoisotopic (exact) mass is 469 g/mol. The molecule has 3 N–H and O–H groups in total. The molecule has 1 aliphatic heterocycles. The molecular weight excluding hydrogens is 430 g/mol. The Morgan fingerprint density at radius 3 is 2.40 bits per heavy atom. The Balaban J connectivity index is 1.57. The van der Waals surface area contributed by atoms with E-state index in [-0.39, 0.29) is 11.9 Å². The molecule has 3 aromatic carbocycles. The van der Waals surface area contributed by atoms with Gasteiger partial charge in [0.25, 0.3) is 0 Å². The summed E-state index contributed by atoms with van der Waals surface area (Å²) in [6.07, 6.45) is 2.33. The summed E-state index contributed by atoms with van der Waals surface area (Å²) in [7, 11) is 0. The fourth-order valence-corrected chi connectivity index (χ4v) is 5.62. The van der Waals surface area contributed by atoms with E-state index in [1.807, 2.05) is 4.90 Å². The Hall–Kier alpha value is -3.11.